The predicted molar refractivity (Wildman–Crippen MR) is 75.5 cm³/mol. The van der Waals surface area contributed by atoms with Gasteiger partial charge in [-0.2, -0.15) is 0 Å². The van der Waals surface area contributed by atoms with Crippen molar-refractivity contribution in [3.8, 4) is 11.5 Å². The van der Waals surface area contributed by atoms with Crippen molar-refractivity contribution in [3.05, 3.63) is 46.2 Å². The van der Waals surface area contributed by atoms with E-state index in [1.165, 1.54) is 4.88 Å². The van der Waals surface area contributed by atoms with E-state index in [1.54, 1.807) is 11.3 Å². The summed E-state index contributed by atoms with van der Waals surface area (Å²) in [6, 6.07) is 10.3. The van der Waals surface area contributed by atoms with Crippen LogP contribution in [0.4, 0.5) is 0 Å². The van der Waals surface area contributed by atoms with Crippen molar-refractivity contribution < 1.29 is 9.47 Å². The van der Waals surface area contributed by atoms with Crippen molar-refractivity contribution in [1.29, 1.82) is 0 Å². The summed E-state index contributed by atoms with van der Waals surface area (Å²) in [5.41, 5.74) is 6.99. The molecule has 100 valence electrons. The van der Waals surface area contributed by atoms with Gasteiger partial charge in [-0.1, -0.05) is 12.1 Å². The van der Waals surface area contributed by atoms with Gasteiger partial charge < -0.3 is 20.5 Å². The minimum absolute atomic E-state index is 0.122. The van der Waals surface area contributed by atoms with Crippen LogP contribution < -0.4 is 20.5 Å². The second-order valence-corrected chi connectivity index (χ2v) is 5.39. The van der Waals surface area contributed by atoms with E-state index in [4.69, 9.17) is 15.2 Å². The van der Waals surface area contributed by atoms with Gasteiger partial charge in [-0.3, -0.25) is 0 Å². The van der Waals surface area contributed by atoms with E-state index in [2.05, 4.69) is 22.8 Å². The number of rotatable bonds is 5. The van der Waals surface area contributed by atoms with Crippen LogP contribution in [0, 0.1) is 0 Å². The monoisotopic (exact) mass is 276 g/mol. The van der Waals surface area contributed by atoms with Crippen molar-refractivity contribution in [3.63, 3.8) is 0 Å². The fourth-order valence-corrected chi connectivity index (χ4v) is 2.76. The molecule has 0 amide bonds. The van der Waals surface area contributed by atoms with Crippen molar-refractivity contribution in [2.45, 2.75) is 12.6 Å². The Bertz CT molecular complexity index is 542. The lowest BCUT2D eigenvalue weighted by atomic mass is 10.1. The van der Waals surface area contributed by atoms with Gasteiger partial charge in [0.2, 0.25) is 6.79 Å². The molecule has 0 spiro atoms. The van der Waals surface area contributed by atoms with Gasteiger partial charge in [-0.05, 0) is 29.1 Å². The Morgan fingerprint density at radius 1 is 1.26 bits per heavy atom. The van der Waals surface area contributed by atoms with Crippen LogP contribution in [-0.2, 0) is 6.54 Å². The quantitative estimate of drug-likeness (QED) is 0.879. The van der Waals surface area contributed by atoms with Crippen molar-refractivity contribution in [2.24, 2.45) is 5.73 Å². The van der Waals surface area contributed by atoms with E-state index in [-0.39, 0.29) is 6.04 Å². The molecule has 2 heterocycles. The molecule has 1 aromatic heterocycles. The molecule has 5 heteroatoms. The highest BCUT2D eigenvalue weighted by molar-refractivity contribution is 7.09. The molecule has 0 bridgehead atoms. The lowest BCUT2D eigenvalue weighted by Gasteiger charge is -2.17. The molecule has 0 radical (unpaired) electrons. The van der Waals surface area contributed by atoms with Crippen molar-refractivity contribution >= 4 is 11.3 Å². The molecule has 3 N–H and O–H groups in total. The number of benzene rings is 1. The first-order valence-corrected chi connectivity index (χ1v) is 7.10. The number of ether oxygens (including phenoxy) is 2. The molecule has 1 aromatic carbocycles. The van der Waals surface area contributed by atoms with Gasteiger partial charge in [0.25, 0.3) is 0 Å². The highest BCUT2D eigenvalue weighted by atomic mass is 32.1. The Kier molecular flexibility index (Phi) is 3.68. The number of hydrogen-bond acceptors (Lipinski definition) is 5. The van der Waals surface area contributed by atoms with Crippen LogP contribution in [-0.4, -0.2) is 13.3 Å². The average molecular weight is 276 g/mol. The van der Waals surface area contributed by atoms with Crippen molar-refractivity contribution in [1.82, 2.24) is 5.32 Å². The zero-order chi connectivity index (χ0) is 13.1. The summed E-state index contributed by atoms with van der Waals surface area (Å²) in [5.74, 6) is 1.60. The molecular formula is C14H16N2O2S. The van der Waals surface area contributed by atoms with E-state index < -0.39 is 0 Å². The largest absolute Gasteiger partial charge is 0.454 e. The Hall–Kier alpha value is -1.56. The second-order valence-electron chi connectivity index (χ2n) is 4.36. The molecule has 1 aliphatic rings. The third kappa shape index (κ3) is 2.73. The topological polar surface area (TPSA) is 56.5 Å². The second kappa shape index (κ2) is 5.61. The first kappa shape index (κ1) is 12.5. The van der Waals surface area contributed by atoms with Crippen LogP contribution in [0.5, 0.6) is 11.5 Å². The van der Waals surface area contributed by atoms with E-state index in [1.807, 2.05) is 18.2 Å². The van der Waals surface area contributed by atoms with E-state index in [9.17, 15) is 0 Å². The highest BCUT2D eigenvalue weighted by Crippen LogP contribution is 2.34. The van der Waals surface area contributed by atoms with Crippen LogP contribution in [0.15, 0.2) is 35.7 Å². The normalized spacial score (nSPS) is 14.6. The maximum absolute atomic E-state index is 5.86. The Labute approximate surface area is 116 Å². The predicted octanol–water partition coefficient (Wildman–Crippen LogP) is 2.27. The maximum atomic E-state index is 5.86. The number of nitrogens with two attached hydrogens (primary N) is 1. The van der Waals surface area contributed by atoms with Crippen LogP contribution in [0.25, 0.3) is 0 Å². The summed E-state index contributed by atoms with van der Waals surface area (Å²) in [6.45, 7) is 1.67. The maximum Gasteiger partial charge on any atom is 0.231 e. The first-order chi connectivity index (χ1) is 9.36. The van der Waals surface area contributed by atoms with Crippen LogP contribution in [0.1, 0.15) is 16.5 Å². The fraction of sp³-hybridized carbons (Fsp3) is 0.286. The smallest absolute Gasteiger partial charge is 0.231 e. The SMILES string of the molecule is NCC(NCc1cccs1)c1ccc2c(c1)OCO2. The molecule has 2 aromatic rings. The number of hydrogen-bond donors (Lipinski definition) is 2. The molecular weight excluding hydrogens is 260 g/mol. The molecule has 1 unspecified atom stereocenters. The van der Waals surface area contributed by atoms with Gasteiger partial charge in [-0.15, -0.1) is 11.3 Å². The minimum atomic E-state index is 0.122. The van der Waals surface area contributed by atoms with Crippen molar-refractivity contribution in [2.75, 3.05) is 13.3 Å². The molecule has 4 nitrogen and oxygen atoms in total. The molecule has 19 heavy (non-hydrogen) atoms. The zero-order valence-corrected chi connectivity index (χ0v) is 11.3. The average Bonchev–Trinajstić information content (AvgIpc) is 3.09. The molecule has 0 fully saturated rings. The summed E-state index contributed by atoms with van der Waals surface area (Å²) >= 11 is 1.74. The van der Waals surface area contributed by atoms with Gasteiger partial charge in [0.15, 0.2) is 11.5 Å². The highest BCUT2D eigenvalue weighted by Gasteiger charge is 2.17. The standard InChI is InChI=1S/C14H16N2O2S/c15-7-12(16-8-11-2-1-5-19-11)10-3-4-13-14(6-10)18-9-17-13/h1-6,12,16H,7-9,15H2. The third-order valence-electron chi connectivity index (χ3n) is 3.14. The van der Waals surface area contributed by atoms with Gasteiger partial charge in [0.05, 0.1) is 0 Å². The Morgan fingerprint density at radius 3 is 2.95 bits per heavy atom. The molecule has 3 rings (SSSR count). The number of nitrogens with one attached hydrogen (secondary N) is 1. The van der Waals surface area contributed by atoms with Gasteiger partial charge in [-0.25, -0.2) is 0 Å². The summed E-state index contributed by atoms with van der Waals surface area (Å²) in [6.07, 6.45) is 0. The molecule has 1 atom stereocenters. The van der Waals surface area contributed by atoms with E-state index in [0.717, 1.165) is 23.6 Å². The number of fused-ring (bicyclic) bond motifs is 1. The summed E-state index contributed by atoms with van der Waals surface area (Å²) < 4.78 is 10.7. The summed E-state index contributed by atoms with van der Waals surface area (Å²) in [7, 11) is 0. The lowest BCUT2D eigenvalue weighted by Crippen LogP contribution is -2.27. The minimum Gasteiger partial charge on any atom is -0.454 e. The molecule has 0 saturated heterocycles. The lowest BCUT2D eigenvalue weighted by molar-refractivity contribution is 0.174. The molecule has 1 aliphatic heterocycles. The van der Waals surface area contributed by atoms with Gasteiger partial charge in [0.1, 0.15) is 0 Å². The Morgan fingerprint density at radius 2 is 2.16 bits per heavy atom. The summed E-state index contributed by atoms with van der Waals surface area (Å²) in [4.78, 5) is 1.30. The number of thiophene rings is 1. The van der Waals surface area contributed by atoms with Gasteiger partial charge in [0, 0.05) is 24.0 Å². The van der Waals surface area contributed by atoms with E-state index >= 15 is 0 Å². The zero-order valence-electron chi connectivity index (χ0n) is 10.5. The third-order valence-corrected chi connectivity index (χ3v) is 4.01. The fourth-order valence-electron chi connectivity index (χ4n) is 2.10. The van der Waals surface area contributed by atoms with Crippen LogP contribution in [0.3, 0.4) is 0 Å². The molecule has 0 aliphatic carbocycles. The summed E-state index contributed by atoms with van der Waals surface area (Å²) in [5, 5.41) is 5.55. The Balaban J connectivity index is 1.71. The van der Waals surface area contributed by atoms with Crippen LogP contribution >= 0.6 is 11.3 Å². The van der Waals surface area contributed by atoms with Gasteiger partial charge >= 0.3 is 0 Å². The van der Waals surface area contributed by atoms with E-state index in [0.29, 0.717) is 13.3 Å². The van der Waals surface area contributed by atoms with Crippen LogP contribution in [0.2, 0.25) is 0 Å². The first-order valence-electron chi connectivity index (χ1n) is 6.22. The molecule has 0 saturated carbocycles.